The first-order valence-electron chi connectivity index (χ1n) is 2.21. The molecule has 0 radical (unpaired) electrons. The number of hydrogen-bond acceptors (Lipinski definition) is 3. The maximum Gasteiger partial charge on any atom is 0.703 e. The third kappa shape index (κ3) is 5.30. The molecule has 0 fully saturated rings. The summed E-state index contributed by atoms with van der Waals surface area (Å²) in [7, 11) is -6.94. The van der Waals surface area contributed by atoms with Gasteiger partial charge in [0.1, 0.15) is 0 Å². The summed E-state index contributed by atoms with van der Waals surface area (Å²) in [6.07, 6.45) is -0.323. The van der Waals surface area contributed by atoms with Crippen LogP contribution in [0.25, 0.3) is 0 Å². The molecule has 0 amide bonds. The Hall–Kier alpha value is 0.500. The van der Waals surface area contributed by atoms with Crippen molar-refractivity contribution >= 4 is 27.5 Å². The van der Waals surface area contributed by atoms with E-state index in [1.165, 1.54) is 0 Å². The van der Waals surface area contributed by atoms with Gasteiger partial charge < -0.3 is 4.89 Å². The molecule has 0 spiro atoms. The van der Waals surface area contributed by atoms with Crippen molar-refractivity contribution in [2.24, 2.45) is 0 Å². The van der Waals surface area contributed by atoms with Gasteiger partial charge in [-0.1, -0.05) is 0 Å². The molecule has 2 N–H and O–H groups in total. The van der Waals surface area contributed by atoms with E-state index in [-0.39, 0.29) is 12.0 Å². The highest BCUT2D eigenvalue weighted by Crippen LogP contribution is 2.49. The first-order valence-corrected chi connectivity index (χ1v) is 5.64. The molecule has 8 heteroatoms. The summed E-state index contributed by atoms with van der Waals surface area (Å²) in [6.45, 7) is 0. The average Bonchev–Trinajstić information content (AvgIpc) is 1.59. The molecule has 0 rings (SSSR count). The van der Waals surface area contributed by atoms with Gasteiger partial charge in [0.2, 0.25) is 0 Å². The molecule has 10 heavy (non-hydrogen) atoms. The van der Waals surface area contributed by atoms with Crippen molar-refractivity contribution in [3.8, 4) is 0 Å². The predicted octanol–water partition coefficient (Wildman–Crippen LogP) is 1.08. The minimum absolute atomic E-state index is 0.0864. The molecule has 2 atom stereocenters. The zero-order valence-electron chi connectivity index (χ0n) is 4.81. The smallest absolute Gasteiger partial charge is 0.322 e. The third-order valence-electron chi connectivity index (χ3n) is 0.565. The van der Waals surface area contributed by atoms with Crippen LogP contribution in [0.15, 0.2) is 0 Å². The van der Waals surface area contributed by atoms with E-state index < -0.39 is 15.9 Å². The molecular weight excluding hydrogens is 201 g/mol. The third-order valence-corrected chi connectivity index (χ3v) is 3.39. The van der Waals surface area contributed by atoms with Crippen molar-refractivity contribution in [3.63, 3.8) is 0 Å². The van der Waals surface area contributed by atoms with Crippen LogP contribution < -0.4 is 0 Å². The van der Waals surface area contributed by atoms with Crippen molar-refractivity contribution in [1.29, 1.82) is 0 Å². The van der Waals surface area contributed by atoms with Crippen molar-refractivity contribution in [2.75, 3.05) is 12.0 Å². The van der Waals surface area contributed by atoms with Crippen LogP contribution >= 0.6 is 27.5 Å². The number of rotatable bonds is 4. The number of hydrogen-bond donors (Lipinski definition) is 2. The highest BCUT2D eigenvalue weighted by Gasteiger charge is 2.31. The Kier molecular flexibility index (Phi) is 4.61. The minimum atomic E-state index is -3.91. The molecule has 60 valence electrons. The second-order valence-corrected chi connectivity index (χ2v) is 4.60. The van der Waals surface area contributed by atoms with Gasteiger partial charge in [-0.3, -0.25) is 4.57 Å². The number of halogens is 1. The van der Waals surface area contributed by atoms with Gasteiger partial charge in [0.25, 0.3) is 0 Å². The standard InChI is InChI=1S/C2H5ClO5P2/c3-1-2-10(6,7)8-9(4)5/h1-2H2,(H-,4,5,6,7)/p+1. The fourth-order valence-corrected chi connectivity index (χ4v) is 2.31. The van der Waals surface area contributed by atoms with Crippen molar-refractivity contribution in [1.82, 2.24) is 0 Å². The van der Waals surface area contributed by atoms with Gasteiger partial charge in [-0.25, -0.2) is 0 Å². The van der Waals surface area contributed by atoms with E-state index in [2.05, 4.69) is 4.31 Å². The van der Waals surface area contributed by atoms with Gasteiger partial charge >= 0.3 is 15.9 Å². The Labute approximate surface area is 63.5 Å². The molecule has 0 aliphatic rings. The van der Waals surface area contributed by atoms with Gasteiger partial charge in [0.05, 0.1) is 6.16 Å². The maximum absolute atomic E-state index is 10.5. The predicted molar refractivity (Wildman–Crippen MR) is 36.3 cm³/mol. The molecule has 2 unspecified atom stereocenters. The molecule has 0 aromatic rings. The van der Waals surface area contributed by atoms with E-state index >= 15 is 0 Å². The fraction of sp³-hybridized carbons (Fsp3) is 1.00. The van der Waals surface area contributed by atoms with E-state index in [9.17, 15) is 9.13 Å². The zero-order chi connectivity index (χ0) is 8.20. The molecule has 0 aliphatic heterocycles. The Morgan fingerprint density at radius 1 is 1.70 bits per heavy atom. The highest BCUT2D eigenvalue weighted by molar-refractivity contribution is 7.59. The summed E-state index contributed by atoms with van der Waals surface area (Å²) in [5.74, 6) is -0.0864. The fourth-order valence-electron chi connectivity index (χ4n) is 0.257. The minimum Gasteiger partial charge on any atom is -0.322 e. The van der Waals surface area contributed by atoms with Crippen LogP contribution in [-0.2, 0) is 13.4 Å². The molecule has 0 aromatic heterocycles. The molecule has 0 heterocycles. The SMILES string of the molecule is O=[P+](O)OP(=O)(O)CCCl. The van der Waals surface area contributed by atoms with Crippen LogP contribution in [0.3, 0.4) is 0 Å². The van der Waals surface area contributed by atoms with Crippen LogP contribution in [0.2, 0.25) is 0 Å². The summed E-state index contributed by atoms with van der Waals surface area (Å²) >= 11 is 5.08. The number of alkyl halides is 1. The van der Waals surface area contributed by atoms with Crippen LogP contribution in [0.1, 0.15) is 0 Å². The summed E-state index contributed by atoms with van der Waals surface area (Å²) < 4.78 is 24.1. The lowest BCUT2D eigenvalue weighted by molar-refractivity contribution is 0.351. The summed E-state index contributed by atoms with van der Waals surface area (Å²) in [4.78, 5) is 16.6. The first kappa shape index (κ1) is 10.5. The molecule has 0 bridgehead atoms. The van der Waals surface area contributed by atoms with Gasteiger partial charge in [0, 0.05) is 10.4 Å². The van der Waals surface area contributed by atoms with Crippen molar-refractivity contribution in [3.05, 3.63) is 0 Å². The van der Waals surface area contributed by atoms with Crippen LogP contribution in [0.4, 0.5) is 0 Å². The molecular formula is C2H6ClO5P2+. The van der Waals surface area contributed by atoms with Crippen LogP contribution in [0.5, 0.6) is 0 Å². The van der Waals surface area contributed by atoms with Crippen molar-refractivity contribution < 1.29 is 23.2 Å². The second kappa shape index (κ2) is 4.39. The monoisotopic (exact) mass is 207 g/mol. The topological polar surface area (TPSA) is 83.8 Å². The second-order valence-electron chi connectivity index (χ2n) is 1.37. The van der Waals surface area contributed by atoms with Crippen LogP contribution in [-0.4, -0.2) is 21.8 Å². The Morgan fingerprint density at radius 3 is 2.50 bits per heavy atom. The van der Waals surface area contributed by atoms with E-state index in [4.69, 9.17) is 21.4 Å². The average molecular weight is 207 g/mol. The van der Waals surface area contributed by atoms with Gasteiger partial charge in [0.15, 0.2) is 0 Å². The van der Waals surface area contributed by atoms with E-state index in [1.807, 2.05) is 0 Å². The van der Waals surface area contributed by atoms with E-state index in [0.29, 0.717) is 0 Å². The molecule has 0 saturated heterocycles. The quantitative estimate of drug-likeness (QED) is 0.532. The Bertz CT molecular complexity index is 169. The normalized spacial score (nSPS) is 18.1. The Morgan fingerprint density at radius 2 is 2.20 bits per heavy atom. The lowest BCUT2D eigenvalue weighted by atomic mass is 11.0. The summed E-state index contributed by atoms with van der Waals surface area (Å²) in [5, 5.41) is 0. The van der Waals surface area contributed by atoms with Crippen LogP contribution in [0, 0.1) is 0 Å². The molecule has 0 saturated carbocycles. The molecule has 0 aromatic carbocycles. The summed E-state index contributed by atoms with van der Waals surface area (Å²) in [5.41, 5.74) is 0. The highest BCUT2D eigenvalue weighted by atomic mass is 35.5. The lowest BCUT2D eigenvalue weighted by Crippen LogP contribution is -1.89. The van der Waals surface area contributed by atoms with E-state index in [0.717, 1.165) is 0 Å². The van der Waals surface area contributed by atoms with Gasteiger partial charge in [-0.2, -0.15) is 0 Å². The van der Waals surface area contributed by atoms with Gasteiger partial charge in [-0.15, -0.1) is 16.5 Å². The summed E-state index contributed by atoms with van der Waals surface area (Å²) in [6, 6.07) is 0. The van der Waals surface area contributed by atoms with Gasteiger partial charge in [-0.05, 0) is 4.31 Å². The largest absolute Gasteiger partial charge is 0.703 e. The Balaban J connectivity index is 3.87. The van der Waals surface area contributed by atoms with E-state index in [1.54, 1.807) is 0 Å². The molecule has 0 aliphatic carbocycles. The maximum atomic E-state index is 10.5. The lowest BCUT2D eigenvalue weighted by Gasteiger charge is -1.97. The van der Waals surface area contributed by atoms with Crippen molar-refractivity contribution in [2.45, 2.75) is 0 Å². The first-order chi connectivity index (χ1) is 4.48. The molecule has 5 nitrogen and oxygen atoms in total. The zero-order valence-corrected chi connectivity index (χ0v) is 7.35.